The Kier molecular flexibility index (Phi) is 4.01. The lowest BCUT2D eigenvalue weighted by molar-refractivity contribution is -0.0819. The van der Waals surface area contributed by atoms with E-state index in [1.54, 1.807) is 0 Å². The Labute approximate surface area is 123 Å². The number of hydrogen-bond donors (Lipinski definition) is 1. The summed E-state index contributed by atoms with van der Waals surface area (Å²) in [6.45, 7) is 2.46. The summed E-state index contributed by atoms with van der Waals surface area (Å²) in [5, 5.41) is 1.23. The molecule has 0 aliphatic carbocycles. The van der Waals surface area contributed by atoms with Gasteiger partial charge in [0.15, 0.2) is 0 Å². The molecule has 104 valence electrons. The van der Waals surface area contributed by atoms with Crippen molar-refractivity contribution in [2.45, 2.75) is 37.5 Å². The van der Waals surface area contributed by atoms with Crippen LogP contribution < -0.4 is 5.73 Å². The number of fused-ring (bicyclic) bond motifs is 2. The Morgan fingerprint density at radius 3 is 2.47 bits per heavy atom. The van der Waals surface area contributed by atoms with Crippen molar-refractivity contribution in [2.24, 2.45) is 5.73 Å². The van der Waals surface area contributed by atoms with Crippen molar-refractivity contribution in [3.8, 4) is 0 Å². The van der Waals surface area contributed by atoms with Crippen molar-refractivity contribution < 1.29 is 4.74 Å². The first-order chi connectivity index (χ1) is 9.13. The van der Waals surface area contributed by atoms with E-state index < -0.39 is 0 Å². The largest absolute Gasteiger partial charge is 0.378 e. The third-order valence-electron chi connectivity index (χ3n) is 4.06. The molecule has 2 saturated heterocycles. The molecule has 2 aliphatic rings. The van der Waals surface area contributed by atoms with Crippen LogP contribution in [0.1, 0.15) is 18.4 Å². The zero-order valence-electron chi connectivity index (χ0n) is 10.7. The van der Waals surface area contributed by atoms with Crippen LogP contribution in [-0.4, -0.2) is 36.2 Å². The van der Waals surface area contributed by atoms with E-state index in [0.29, 0.717) is 28.2 Å². The van der Waals surface area contributed by atoms with Crippen LogP contribution in [0.25, 0.3) is 0 Å². The van der Waals surface area contributed by atoms with Gasteiger partial charge in [0.1, 0.15) is 0 Å². The number of nitrogens with zero attached hydrogens (tertiary/aromatic N) is 1. The lowest BCUT2D eigenvalue weighted by Crippen LogP contribution is -2.58. The smallest absolute Gasteiger partial charge is 0.0623 e. The van der Waals surface area contributed by atoms with Gasteiger partial charge < -0.3 is 10.5 Å². The van der Waals surface area contributed by atoms with Crippen molar-refractivity contribution in [3.63, 3.8) is 0 Å². The summed E-state index contributed by atoms with van der Waals surface area (Å²) in [4.78, 5) is 2.51. The molecule has 1 aromatic carbocycles. The molecule has 2 bridgehead atoms. The summed E-state index contributed by atoms with van der Waals surface area (Å²) in [6, 6.07) is 7.02. The van der Waals surface area contributed by atoms with Crippen LogP contribution in [0.3, 0.4) is 0 Å². The van der Waals surface area contributed by atoms with E-state index in [2.05, 4.69) is 4.90 Å². The molecule has 0 radical (unpaired) electrons. The zero-order chi connectivity index (χ0) is 13.4. The minimum absolute atomic E-state index is 0.309. The molecule has 0 saturated carbocycles. The minimum Gasteiger partial charge on any atom is -0.378 e. The maximum Gasteiger partial charge on any atom is 0.0623 e. The topological polar surface area (TPSA) is 38.5 Å². The average molecular weight is 301 g/mol. The lowest BCUT2D eigenvalue weighted by Gasteiger charge is -2.47. The second-order valence-electron chi connectivity index (χ2n) is 5.50. The van der Waals surface area contributed by atoms with Crippen molar-refractivity contribution in [1.29, 1.82) is 0 Å². The molecular formula is C14H18Cl2N2O. The van der Waals surface area contributed by atoms with Gasteiger partial charge in [0.25, 0.3) is 0 Å². The molecule has 2 aliphatic heterocycles. The predicted molar refractivity (Wildman–Crippen MR) is 77.6 cm³/mol. The summed E-state index contributed by atoms with van der Waals surface area (Å²) in [5.41, 5.74) is 7.30. The van der Waals surface area contributed by atoms with Crippen LogP contribution in [0, 0.1) is 0 Å². The Hall–Kier alpha value is -0.320. The highest BCUT2D eigenvalue weighted by Gasteiger charge is 2.37. The molecule has 2 N–H and O–H groups in total. The van der Waals surface area contributed by atoms with Gasteiger partial charge in [0.05, 0.1) is 23.3 Å². The van der Waals surface area contributed by atoms with E-state index in [1.807, 2.05) is 18.2 Å². The molecule has 5 heteroatoms. The highest BCUT2D eigenvalue weighted by Crippen LogP contribution is 2.30. The monoisotopic (exact) mass is 300 g/mol. The molecule has 0 spiro atoms. The summed E-state index contributed by atoms with van der Waals surface area (Å²) in [5.74, 6) is 0. The first-order valence-corrected chi connectivity index (χ1v) is 7.42. The quantitative estimate of drug-likeness (QED) is 0.913. The Balaban J connectivity index is 1.76. The molecular weight excluding hydrogens is 283 g/mol. The van der Waals surface area contributed by atoms with Crippen LogP contribution in [0.4, 0.5) is 0 Å². The normalized spacial score (nSPS) is 31.4. The summed E-state index contributed by atoms with van der Waals surface area (Å²) >= 11 is 12.0. The van der Waals surface area contributed by atoms with Gasteiger partial charge >= 0.3 is 0 Å². The van der Waals surface area contributed by atoms with Gasteiger partial charge in [-0.25, -0.2) is 0 Å². The minimum atomic E-state index is 0.309. The van der Waals surface area contributed by atoms with Crippen LogP contribution >= 0.6 is 23.2 Å². The van der Waals surface area contributed by atoms with Gasteiger partial charge in [-0.3, -0.25) is 4.90 Å². The zero-order valence-corrected chi connectivity index (χ0v) is 12.2. The third kappa shape index (κ3) is 2.91. The Bertz CT molecular complexity index is 455. The highest BCUT2D eigenvalue weighted by molar-refractivity contribution is 6.42. The van der Waals surface area contributed by atoms with Gasteiger partial charge in [0, 0.05) is 24.7 Å². The molecule has 2 heterocycles. The van der Waals surface area contributed by atoms with E-state index in [9.17, 15) is 0 Å². The number of benzene rings is 1. The van der Waals surface area contributed by atoms with E-state index in [-0.39, 0.29) is 0 Å². The fourth-order valence-electron chi connectivity index (χ4n) is 3.14. The lowest BCUT2D eigenvalue weighted by atomic mass is 9.90. The summed E-state index contributed by atoms with van der Waals surface area (Å²) in [6.07, 6.45) is 2.02. The van der Waals surface area contributed by atoms with Crippen LogP contribution in [0.15, 0.2) is 18.2 Å². The predicted octanol–water partition coefficient (Wildman–Crippen LogP) is 2.68. The van der Waals surface area contributed by atoms with Crippen molar-refractivity contribution in [1.82, 2.24) is 4.90 Å². The maximum absolute atomic E-state index is 6.10. The van der Waals surface area contributed by atoms with Crippen LogP contribution in [0.5, 0.6) is 0 Å². The Morgan fingerprint density at radius 1 is 1.16 bits per heavy atom. The van der Waals surface area contributed by atoms with Gasteiger partial charge in [-0.15, -0.1) is 0 Å². The Morgan fingerprint density at radius 2 is 1.84 bits per heavy atom. The van der Waals surface area contributed by atoms with E-state index in [1.165, 1.54) is 5.56 Å². The molecule has 2 fully saturated rings. The fourth-order valence-corrected chi connectivity index (χ4v) is 3.46. The molecule has 0 amide bonds. The summed E-state index contributed by atoms with van der Waals surface area (Å²) < 4.78 is 5.65. The first kappa shape index (κ1) is 13.7. The number of halogens is 2. The molecule has 1 aromatic rings. The van der Waals surface area contributed by atoms with Gasteiger partial charge in [0.2, 0.25) is 0 Å². The summed E-state index contributed by atoms with van der Waals surface area (Å²) in [7, 11) is 0. The van der Waals surface area contributed by atoms with Crippen LogP contribution in [0.2, 0.25) is 10.0 Å². The van der Waals surface area contributed by atoms with Crippen molar-refractivity contribution >= 4 is 23.2 Å². The number of rotatable bonds is 2. The standard InChI is InChI=1S/C14H18Cl2N2O/c15-13-2-1-9(3-14(13)16)6-18-11-4-10(17)5-12(18)8-19-7-11/h1-3,10-12H,4-8,17H2/t10?,11-,12+. The fraction of sp³-hybridized carbons (Fsp3) is 0.571. The van der Waals surface area contributed by atoms with E-state index in [4.69, 9.17) is 33.7 Å². The maximum atomic E-state index is 6.10. The molecule has 19 heavy (non-hydrogen) atoms. The molecule has 3 atom stereocenters. The number of ether oxygens (including phenoxy) is 1. The van der Waals surface area contributed by atoms with Crippen molar-refractivity contribution in [2.75, 3.05) is 13.2 Å². The third-order valence-corrected chi connectivity index (χ3v) is 4.80. The van der Waals surface area contributed by atoms with E-state index in [0.717, 1.165) is 32.6 Å². The van der Waals surface area contributed by atoms with Gasteiger partial charge in [-0.05, 0) is 30.5 Å². The van der Waals surface area contributed by atoms with Gasteiger partial charge in [-0.2, -0.15) is 0 Å². The molecule has 1 unspecified atom stereocenters. The van der Waals surface area contributed by atoms with Crippen molar-refractivity contribution in [3.05, 3.63) is 33.8 Å². The highest BCUT2D eigenvalue weighted by atomic mass is 35.5. The number of piperidine rings is 1. The first-order valence-electron chi connectivity index (χ1n) is 6.66. The van der Waals surface area contributed by atoms with Crippen LogP contribution in [-0.2, 0) is 11.3 Å². The molecule has 3 nitrogen and oxygen atoms in total. The SMILES string of the molecule is NC1C[C@H]2COC[C@@H](C1)N2Cc1ccc(Cl)c(Cl)c1. The van der Waals surface area contributed by atoms with Gasteiger partial charge in [-0.1, -0.05) is 29.3 Å². The molecule has 3 rings (SSSR count). The van der Waals surface area contributed by atoms with E-state index >= 15 is 0 Å². The second-order valence-corrected chi connectivity index (χ2v) is 6.31. The number of hydrogen-bond acceptors (Lipinski definition) is 3. The number of morpholine rings is 1. The average Bonchev–Trinajstić information content (AvgIpc) is 2.35. The molecule has 0 aromatic heterocycles. The second kappa shape index (κ2) is 5.58. The number of nitrogens with two attached hydrogens (primary N) is 1.